The Balaban J connectivity index is 2.22. The van der Waals surface area contributed by atoms with Crippen LogP contribution in [0.15, 0.2) is 23.1 Å². The summed E-state index contributed by atoms with van der Waals surface area (Å²) in [5, 5.41) is 10.9. The predicted octanol–water partition coefficient (Wildman–Crippen LogP) is 2.16. The second-order valence-corrected chi connectivity index (χ2v) is 8.12. The molecule has 1 fully saturated rings. The minimum Gasteiger partial charge on any atom is -0.388 e. The van der Waals surface area contributed by atoms with Gasteiger partial charge in [0.1, 0.15) is 0 Å². The summed E-state index contributed by atoms with van der Waals surface area (Å²) in [5.74, 6) is 0. The lowest BCUT2D eigenvalue weighted by Crippen LogP contribution is -2.47. The second-order valence-electron chi connectivity index (χ2n) is 5.20. The quantitative estimate of drug-likeness (QED) is 0.900. The van der Waals surface area contributed by atoms with Gasteiger partial charge >= 0.3 is 0 Å². The van der Waals surface area contributed by atoms with E-state index in [0.717, 1.165) is 4.31 Å². The zero-order valence-electron chi connectivity index (χ0n) is 11.6. The first kappa shape index (κ1) is 17.0. The molecular weight excluding hydrogens is 337 g/mol. The van der Waals surface area contributed by atoms with Crippen LogP contribution in [0.2, 0.25) is 10.0 Å². The molecule has 21 heavy (non-hydrogen) atoms. The molecule has 1 aliphatic heterocycles. The molecule has 0 spiro atoms. The van der Waals surface area contributed by atoms with Crippen molar-refractivity contribution in [2.45, 2.75) is 23.3 Å². The Kier molecular flexibility index (Phi) is 5.18. The summed E-state index contributed by atoms with van der Waals surface area (Å²) < 4.78 is 31.3. The number of halogens is 2. The number of likely N-dealkylation sites (N-methyl/N-ethyl adjacent to an activating group) is 1. The van der Waals surface area contributed by atoms with Crippen LogP contribution >= 0.6 is 23.2 Å². The van der Waals surface area contributed by atoms with Crippen molar-refractivity contribution in [1.29, 1.82) is 0 Å². The zero-order chi connectivity index (χ0) is 15.7. The minimum absolute atomic E-state index is 0.00280. The van der Waals surface area contributed by atoms with E-state index in [1.807, 2.05) is 0 Å². The van der Waals surface area contributed by atoms with Gasteiger partial charge in [-0.3, -0.25) is 0 Å². The Labute approximate surface area is 134 Å². The van der Waals surface area contributed by atoms with Crippen LogP contribution in [-0.4, -0.2) is 50.2 Å². The van der Waals surface area contributed by atoms with E-state index in [4.69, 9.17) is 27.9 Å². The summed E-state index contributed by atoms with van der Waals surface area (Å²) in [6.07, 6.45) is 0.812. The number of rotatable bonds is 4. The van der Waals surface area contributed by atoms with Crippen LogP contribution in [0.5, 0.6) is 0 Å². The van der Waals surface area contributed by atoms with Gasteiger partial charge in [0, 0.05) is 49.7 Å². The highest BCUT2D eigenvalue weighted by Crippen LogP contribution is 2.27. The molecule has 1 N–H and O–H groups in total. The van der Waals surface area contributed by atoms with Crippen LogP contribution < -0.4 is 0 Å². The lowest BCUT2D eigenvalue weighted by atomic mass is 9.95. The molecule has 1 heterocycles. The van der Waals surface area contributed by atoms with Crippen molar-refractivity contribution in [2.75, 3.05) is 26.8 Å². The van der Waals surface area contributed by atoms with Gasteiger partial charge in [0.15, 0.2) is 0 Å². The number of sulfonamides is 1. The Morgan fingerprint density at radius 1 is 1.24 bits per heavy atom. The van der Waals surface area contributed by atoms with Gasteiger partial charge in [-0.2, -0.15) is 4.31 Å². The highest BCUT2D eigenvalue weighted by molar-refractivity contribution is 7.89. The topological polar surface area (TPSA) is 66.8 Å². The van der Waals surface area contributed by atoms with Crippen molar-refractivity contribution in [1.82, 2.24) is 4.31 Å². The van der Waals surface area contributed by atoms with Crippen LogP contribution in [0, 0.1) is 0 Å². The molecule has 8 heteroatoms. The third kappa shape index (κ3) is 4.09. The lowest BCUT2D eigenvalue weighted by Gasteiger charge is -2.35. The van der Waals surface area contributed by atoms with Crippen molar-refractivity contribution >= 4 is 33.2 Å². The highest BCUT2D eigenvalue weighted by Gasteiger charge is 2.35. The third-order valence-corrected chi connectivity index (χ3v) is 5.70. The Morgan fingerprint density at radius 3 is 2.29 bits per heavy atom. The molecule has 0 radical (unpaired) electrons. The standard InChI is InChI=1S/C13H17Cl2NO4S/c1-16(9-13(17)2-4-20-5-3-13)21(18,19)12-7-10(14)6-11(15)8-12/h6-8,17H,2-5,9H2,1H3. The molecule has 1 aromatic carbocycles. The molecule has 0 aromatic heterocycles. The van der Waals surface area contributed by atoms with Gasteiger partial charge < -0.3 is 9.84 Å². The van der Waals surface area contributed by atoms with Crippen molar-refractivity contribution in [3.05, 3.63) is 28.2 Å². The van der Waals surface area contributed by atoms with Crippen LogP contribution in [0.1, 0.15) is 12.8 Å². The van der Waals surface area contributed by atoms with E-state index in [-0.39, 0.29) is 21.5 Å². The molecule has 0 unspecified atom stereocenters. The fourth-order valence-electron chi connectivity index (χ4n) is 2.27. The first-order valence-electron chi connectivity index (χ1n) is 6.46. The lowest BCUT2D eigenvalue weighted by molar-refractivity contribution is -0.0689. The van der Waals surface area contributed by atoms with Gasteiger partial charge in [0.05, 0.1) is 10.5 Å². The molecule has 5 nitrogen and oxygen atoms in total. The molecule has 0 bridgehead atoms. The zero-order valence-corrected chi connectivity index (χ0v) is 13.9. The molecule has 1 aromatic rings. The number of ether oxygens (including phenoxy) is 1. The van der Waals surface area contributed by atoms with Crippen LogP contribution in [0.3, 0.4) is 0 Å². The highest BCUT2D eigenvalue weighted by atomic mass is 35.5. The molecule has 1 aliphatic rings. The first-order valence-corrected chi connectivity index (χ1v) is 8.65. The smallest absolute Gasteiger partial charge is 0.243 e. The predicted molar refractivity (Wildman–Crippen MR) is 81.3 cm³/mol. The van der Waals surface area contributed by atoms with Gasteiger partial charge in [-0.25, -0.2) is 8.42 Å². The van der Waals surface area contributed by atoms with E-state index < -0.39 is 15.6 Å². The average molecular weight is 354 g/mol. The average Bonchev–Trinajstić information content (AvgIpc) is 2.37. The van der Waals surface area contributed by atoms with Crippen molar-refractivity contribution < 1.29 is 18.3 Å². The van der Waals surface area contributed by atoms with Gasteiger partial charge in [-0.1, -0.05) is 23.2 Å². The fourth-order valence-corrected chi connectivity index (χ4v) is 4.24. The molecule has 2 rings (SSSR count). The molecule has 0 atom stereocenters. The first-order chi connectivity index (χ1) is 9.73. The fraction of sp³-hybridized carbons (Fsp3) is 0.538. The number of hydrogen-bond acceptors (Lipinski definition) is 4. The van der Waals surface area contributed by atoms with E-state index in [0.29, 0.717) is 26.1 Å². The van der Waals surface area contributed by atoms with Gasteiger partial charge in [-0.15, -0.1) is 0 Å². The Bertz CT molecular complexity index is 594. The van der Waals surface area contributed by atoms with Crippen molar-refractivity contribution in [3.63, 3.8) is 0 Å². The van der Waals surface area contributed by atoms with Crippen LogP contribution in [0.25, 0.3) is 0 Å². The van der Waals surface area contributed by atoms with Gasteiger partial charge in [0.25, 0.3) is 0 Å². The Hall–Kier alpha value is -0.370. The van der Waals surface area contributed by atoms with Gasteiger partial charge in [0.2, 0.25) is 10.0 Å². The largest absolute Gasteiger partial charge is 0.388 e. The van der Waals surface area contributed by atoms with E-state index in [1.54, 1.807) is 0 Å². The van der Waals surface area contributed by atoms with E-state index in [9.17, 15) is 13.5 Å². The van der Waals surface area contributed by atoms with Gasteiger partial charge in [-0.05, 0) is 18.2 Å². The summed E-state index contributed by atoms with van der Waals surface area (Å²) in [5.41, 5.74) is -1.07. The van der Waals surface area contributed by atoms with Crippen molar-refractivity contribution in [3.8, 4) is 0 Å². The number of nitrogens with zero attached hydrogens (tertiary/aromatic N) is 1. The normalized spacial score (nSPS) is 18.9. The molecule has 0 aliphatic carbocycles. The number of benzene rings is 1. The summed E-state index contributed by atoms with van der Waals surface area (Å²) >= 11 is 11.7. The second kappa shape index (κ2) is 6.40. The maximum atomic E-state index is 12.5. The van der Waals surface area contributed by atoms with E-state index in [1.165, 1.54) is 25.2 Å². The maximum absolute atomic E-state index is 12.5. The monoisotopic (exact) mass is 353 g/mol. The molecule has 1 saturated heterocycles. The summed E-state index contributed by atoms with van der Waals surface area (Å²) in [7, 11) is -2.33. The SMILES string of the molecule is CN(CC1(O)CCOCC1)S(=O)(=O)c1cc(Cl)cc(Cl)c1. The van der Waals surface area contributed by atoms with Crippen molar-refractivity contribution in [2.24, 2.45) is 0 Å². The minimum atomic E-state index is -3.76. The molecule has 0 saturated carbocycles. The number of aliphatic hydroxyl groups is 1. The van der Waals surface area contributed by atoms with E-state index in [2.05, 4.69) is 0 Å². The van der Waals surface area contributed by atoms with Crippen LogP contribution in [-0.2, 0) is 14.8 Å². The summed E-state index contributed by atoms with van der Waals surface area (Å²) in [4.78, 5) is 0.0122. The molecular formula is C13H17Cl2NO4S. The Morgan fingerprint density at radius 2 is 1.76 bits per heavy atom. The van der Waals surface area contributed by atoms with E-state index >= 15 is 0 Å². The summed E-state index contributed by atoms with van der Waals surface area (Å²) in [6, 6.07) is 4.15. The summed E-state index contributed by atoms with van der Waals surface area (Å²) in [6.45, 7) is 0.851. The maximum Gasteiger partial charge on any atom is 0.243 e. The third-order valence-electron chi connectivity index (χ3n) is 3.48. The van der Waals surface area contributed by atoms with Crippen LogP contribution in [0.4, 0.5) is 0 Å². The molecule has 118 valence electrons. The number of hydrogen-bond donors (Lipinski definition) is 1. The molecule has 0 amide bonds.